The number of hydrogen-bond acceptors (Lipinski definition) is 3. The molecule has 9 heteroatoms. The molecule has 1 saturated heterocycles. The maximum Gasteiger partial charge on any atom is 0.573 e. The second kappa shape index (κ2) is 5.58. The number of benzene rings is 1. The van der Waals surface area contributed by atoms with Crippen molar-refractivity contribution in [1.82, 2.24) is 0 Å². The summed E-state index contributed by atoms with van der Waals surface area (Å²) in [5.74, 6) is -0.491. The molecule has 2 rings (SSSR count). The first kappa shape index (κ1) is 17.9. The Morgan fingerprint density at radius 3 is 2.05 bits per heavy atom. The lowest BCUT2D eigenvalue weighted by molar-refractivity contribution is -0.274. The molecule has 122 valence electrons. The summed E-state index contributed by atoms with van der Waals surface area (Å²) in [6, 6.07) is 2.78. The van der Waals surface area contributed by atoms with E-state index in [9.17, 15) is 13.2 Å². The van der Waals surface area contributed by atoms with Crippen LogP contribution in [0.4, 0.5) is 13.2 Å². The Morgan fingerprint density at radius 2 is 1.64 bits per heavy atom. The summed E-state index contributed by atoms with van der Waals surface area (Å²) in [7, 11) is -0.723. The van der Waals surface area contributed by atoms with Crippen LogP contribution in [0.5, 0.6) is 5.75 Å². The van der Waals surface area contributed by atoms with Crippen molar-refractivity contribution in [2.45, 2.75) is 45.3 Å². The summed E-state index contributed by atoms with van der Waals surface area (Å²) in [4.78, 5) is 0. The molecule has 0 N–H and O–H groups in total. The molecule has 22 heavy (non-hydrogen) atoms. The van der Waals surface area contributed by atoms with Crippen LogP contribution in [0.15, 0.2) is 16.6 Å². The summed E-state index contributed by atoms with van der Waals surface area (Å²) < 4.78 is 52.7. The Balaban J connectivity index is 2.32. The zero-order chi connectivity index (χ0) is 16.9. The molecule has 1 aliphatic rings. The number of rotatable bonds is 2. The average molecular weight is 401 g/mol. The molecule has 0 saturated carbocycles. The van der Waals surface area contributed by atoms with E-state index >= 15 is 0 Å². The van der Waals surface area contributed by atoms with Crippen LogP contribution in [-0.4, -0.2) is 24.7 Å². The van der Waals surface area contributed by atoms with Gasteiger partial charge in [-0.3, -0.25) is 0 Å². The lowest BCUT2D eigenvalue weighted by atomic mass is 9.79. The lowest BCUT2D eigenvalue weighted by Crippen LogP contribution is -2.41. The van der Waals surface area contributed by atoms with E-state index in [2.05, 4.69) is 20.7 Å². The van der Waals surface area contributed by atoms with E-state index in [0.29, 0.717) is 5.46 Å². The highest BCUT2D eigenvalue weighted by Gasteiger charge is 2.52. The molecule has 0 aliphatic carbocycles. The van der Waals surface area contributed by atoms with E-state index in [1.54, 1.807) is 0 Å². The fourth-order valence-corrected chi connectivity index (χ4v) is 2.85. The molecule has 0 atom stereocenters. The van der Waals surface area contributed by atoms with Gasteiger partial charge in [-0.05, 0) is 61.2 Å². The fraction of sp³-hybridized carbons (Fsp3) is 0.538. The average Bonchev–Trinajstić information content (AvgIpc) is 2.52. The molecular formula is C13H14BBrClF3O3. The largest absolute Gasteiger partial charge is 0.573 e. The number of ether oxygens (including phenoxy) is 1. The smallest absolute Gasteiger partial charge is 0.403 e. The van der Waals surface area contributed by atoms with Crippen LogP contribution in [0.1, 0.15) is 27.7 Å². The van der Waals surface area contributed by atoms with Crippen LogP contribution < -0.4 is 10.2 Å². The Kier molecular flexibility index (Phi) is 4.54. The summed E-state index contributed by atoms with van der Waals surface area (Å²) in [6.45, 7) is 7.52. The summed E-state index contributed by atoms with van der Waals surface area (Å²) in [5, 5.41) is -0.184. The topological polar surface area (TPSA) is 27.7 Å². The van der Waals surface area contributed by atoms with Gasteiger partial charge < -0.3 is 14.0 Å². The first-order chi connectivity index (χ1) is 9.82. The second-order valence-electron chi connectivity index (χ2n) is 5.95. The number of halogens is 5. The van der Waals surface area contributed by atoms with Gasteiger partial charge in [0.1, 0.15) is 0 Å². The molecule has 1 aromatic rings. The SMILES string of the molecule is CC1(C)OB(c2cc(Cl)c(OC(F)(F)F)c(Br)c2)OC1(C)C. The van der Waals surface area contributed by atoms with Crippen molar-refractivity contribution >= 4 is 40.1 Å². The Hall–Kier alpha value is -0.435. The summed E-state index contributed by atoms with van der Waals surface area (Å²) >= 11 is 8.93. The monoisotopic (exact) mass is 400 g/mol. The molecule has 1 aliphatic heterocycles. The number of alkyl halides is 3. The predicted molar refractivity (Wildman–Crippen MR) is 81.6 cm³/mol. The summed E-state index contributed by atoms with van der Waals surface area (Å²) in [6.07, 6.45) is -4.82. The summed E-state index contributed by atoms with van der Waals surface area (Å²) in [5.41, 5.74) is -0.611. The van der Waals surface area contributed by atoms with Crippen LogP contribution >= 0.6 is 27.5 Å². The van der Waals surface area contributed by atoms with Gasteiger partial charge in [-0.2, -0.15) is 0 Å². The standard InChI is InChI=1S/C13H14BBrClF3O3/c1-11(2)12(3,4)22-14(21-11)7-5-8(15)10(9(16)6-7)20-13(17,18)19/h5-6H,1-4H3. The van der Waals surface area contributed by atoms with E-state index in [1.165, 1.54) is 12.1 Å². The minimum Gasteiger partial charge on any atom is -0.403 e. The van der Waals surface area contributed by atoms with Gasteiger partial charge in [0, 0.05) is 0 Å². The molecule has 0 amide bonds. The maximum absolute atomic E-state index is 12.4. The highest BCUT2D eigenvalue weighted by Crippen LogP contribution is 2.39. The highest BCUT2D eigenvalue weighted by atomic mass is 79.9. The van der Waals surface area contributed by atoms with Gasteiger partial charge in [0.2, 0.25) is 0 Å². The number of hydrogen-bond donors (Lipinski definition) is 0. The Labute approximate surface area is 140 Å². The van der Waals surface area contributed by atoms with Gasteiger partial charge in [0.15, 0.2) is 5.75 Å². The molecule has 0 bridgehead atoms. The minimum absolute atomic E-state index is 0.0713. The lowest BCUT2D eigenvalue weighted by Gasteiger charge is -2.32. The molecule has 1 heterocycles. The first-order valence-corrected chi connectivity index (χ1v) is 7.60. The van der Waals surface area contributed by atoms with E-state index in [4.69, 9.17) is 20.9 Å². The van der Waals surface area contributed by atoms with Gasteiger partial charge in [-0.25, -0.2) is 0 Å². The van der Waals surface area contributed by atoms with Crippen molar-refractivity contribution in [1.29, 1.82) is 0 Å². The van der Waals surface area contributed by atoms with E-state index in [-0.39, 0.29) is 9.50 Å². The quantitative estimate of drug-likeness (QED) is 0.692. The zero-order valence-electron chi connectivity index (χ0n) is 12.3. The van der Waals surface area contributed by atoms with Crippen LogP contribution in [0, 0.1) is 0 Å². The zero-order valence-corrected chi connectivity index (χ0v) is 14.7. The fourth-order valence-electron chi connectivity index (χ4n) is 1.91. The van der Waals surface area contributed by atoms with Gasteiger partial charge in [0.25, 0.3) is 0 Å². The third-order valence-electron chi connectivity index (χ3n) is 3.76. The second-order valence-corrected chi connectivity index (χ2v) is 7.21. The predicted octanol–water partition coefficient (Wildman–Crippen LogP) is 4.30. The Morgan fingerprint density at radius 1 is 1.14 bits per heavy atom. The van der Waals surface area contributed by atoms with E-state index in [1.807, 2.05) is 27.7 Å². The molecule has 1 fully saturated rings. The van der Waals surface area contributed by atoms with Crippen molar-refractivity contribution in [3.05, 3.63) is 21.6 Å². The Bertz CT molecular complexity index is 553. The van der Waals surface area contributed by atoms with Crippen LogP contribution in [0.3, 0.4) is 0 Å². The van der Waals surface area contributed by atoms with Crippen molar-refractivity contribution in [2.24, 2.45) is 0 Å². The van der Waals surface area contributed by atoms with Crippen molar-refractivity contribution in [3.63, 3.8) is 0 Å². The van der Waals surface area contributed by atoms with Gasteiger partial charge >= 0.3 is 13.5 Å². The van der Waals surface area contributed by atoms with E-state index < -0.39 is 30.4 Å². The molecule has 0 spiro atoms. The first-order valence-electron chi connectivity index (χ1n) is 6.43. The molecule has 1 aromatic carbocycles. The normalized spacial score (nSPS) is 20.3. The maximum atomic E-state index is 12.4. The van der Waals surface area contributed by atoms with E-state index in [0.717, 1.165) is 0 Å². The van der Waals surface area contributed by atoms with Crippen molar-refractivity contribution < 1.29 is 27.2 Å². The molecule has 0 radical (unpaired) electrons. The minimum atomic E-state index is -4.82. The molecule has 0 unspecified atom stereocenters. The van der Waals surface area contributed by atoms with Gasteiger partial charge in [-0.15, -0.1) is 13.2 Å². The van der Waals surface area contributed by atoms with Crippen LogP contribution in [0.2, 0.25) is 5.02 Å². The van der Waals surface area contributed by atoms with Gasteiger partial charge in [-0.1, -0.05) is 11.6 Å². The van der Waals surface area contributed by atoms with Gasteiger partial charge in [0.05, 0.1) is 20.7 Å². The highest BCUT2D eigenvalue weighted by molar-refractivity contribution is 9.10. The molecular weight excluding hydrogens is 387 g/mol. The van der Waals surface area contributed by atoms with Crippen LogP contribution in [0.25, 0.3) is 0 Å². The molecule has 0 aromatic heterocycles. The third-order valence-corrected chi connectivity index (χ3v) is 4.63. The van der Waals surface area contributed by atoms with Crippen molar-refractivity contribution in [2.75, 3.05) is 0 Å². The third kappa shape index (κ3) is 3.55. The molecule has 3 nitrogen and oxygen atoms in total. The van der Waals surface area contributed by atoms with Crippen molar-refractivity contribution in [3.8, 4) is 5.75 Å². The van der Waals surface area contributed by atoms with Crippen LogP contribution in [-0.2, 0) is 9.31 Å².